The number of nitrogen functional groups attached to an aromatic ring is 1. The molecule has 0 saturated carbocycles. The van der Waals surface area contributed by atoms with Gasteiger partial charge in [0, 0.05) is 6.20 Å². The van der Waals surface area contributed by atoms with Gasteiger partial charge in [-0.1, -0.05) is 5.21 Å². The maximum Gasteiger partial charge on any atom is 0.490 e. The maximum absolute atomic E-state index is 10.6. The van der Waals surface area contributed by atoms with Gasteiger partial charge >= 0.3 is 12.1 Å². The van der Waals surface area contributed by atoms with E-state index in [1.807, 2.05) is 12.1 Å². The Morgan fingerprint density at radius 3 is 2.53 bits per heavy atom. The lowest BCUT2D eigenvalue weighted by atomic mass is 10.4. The molecule has 2 rings (SSSR count). The van der Waals surface area contributed by atoms with Crippen molar-refractivity contribution in [2.75, 3.05) is 5.73 Å². The van der Waals surface area contributed by atoms with Crippen LogP contribution in [0.2, 0.25) is 0 Å². The smallest absolute Gasteiger partial charge is 0.475 e. The molecule has 2 aromatic heterocycles. The highest BCUT2D eigenvalue weighted by Crippen LogP contribution is 2.13. The summed E-state index contributed by atoms with van der Waals surface area (Å²) in [5.41, 5.74) is 7.15. The van der Waals surface area contributed by atoms with E-state index in [0.29, 0.717) is 5.69 Å². The van der Waals surface area contributed by atoms with Crippen LogP contribution in [0.25, 0.3) is 5.52 Å². The van der Waals surface area contributed by atoms with E-state index in [1.165, 1.54) is 0 Å². The van der Waals surface area contributed by atoms with Crippen LogP contribution < -0.4 is 5.73 Å². The standard InChI is InChI=1S/C6H6N4.C2HF3O2/c7-5-2-1-3-10-6(5)4-8-9-10;3-2(4,5)1(6)7/h1-4H,7H2;(H,6,7). The summed E-state index contributed by atoms with van der Waals surface area (Å²) < 4.78 is 33.4. The molecule has 0 unspecified atom stereocenters. The zero-order chi connectivity index (χ0) is 13.1. The quantitative estimate of drug-likeness (QED) is 0.723. The molecule has 3 N–H and O–H groups in total. The summed E-state index contributed by atoms with van der Waals surface area (Å²) in [7, 11) is 0. The van der Waals surface area contributed by atoms with Crippen molar-refractivity contribution in [1.82, 2.24) is 14.8 Å². The molecule has 0 bridgehead atoms. The average Bonchev–Trinajstić information content (AvgIpc) is 2.66. The predicted octanol–water partition coefficient (Wildman–Crippen LogP) is 0.945. The Kier molecular flexibility index (Phi) is 3.51. The minimum absolute atomic E-state index is 0.701. The summed E-state index contributed by atoms with van der Waals surface area (Å²) in [6, 6.07) is 3.65. The molecule has 2 heterocycles. The Hall–Kier alpha value is -2.32. The third-order valence-corrected chi connectivity index (χ3v) is 1.62. The third-order valence-electron chi connectivity index (χ3n) is 1.62. The van der Waals surface area contributed by atoms with E-state index in [9.17, 15) is 13.2 Å². The number of carboxylic acids is 1. The normalized spacial score (nSPS) is 10.8. The van der Waals surface area contributed by atoms with E-state index in [0.717, 1.165) is 5.52 Å². The number of fused-ring (bicyclic) bond motifs is 1. The van der Waals surface area contributed by atoms with Crippen LogP contribution in [0.15, 0.2) is 24.5 Å². The number of pyridine rings is 1. The zero-order valence-electron chi connectivity index (χ0n) is 8.22. The molecular formula is C8H7F3N4O2. The highest BCUT2D eigenvalue weighted by Gasteiger charge is 2.38. The van der Waals surface area contributed by atoms with Crippen LogP contribution in [0.5, 0.6) is 0 Å². The first-order valence-electron chi connectivity index (χ1n) is 4.17. The van der Waals surface area contributed by atoms with Gasteiger partial charge in [-0.2, -0.15) is 13.2 Å². The zero-order valence-corrected chi connectivity index (χ0v) is 8.22. The first-order valence-corrected chi connectivity index (χ1v) is 4.17. The van der Waals surface area contributed by atoms with Crippen LogP contribution >= 0.6 is 0 Å². The van der Waals surface area contributed by atoms with Crippen LogP contribution in [0.1, 0.15) is 0 Å². The van der Waals surface area contributed by atoms with Crippen molar-refractivity contribution < 1.29 is 23.1 Å². The lowest BCUT2D eigenvalue weighted by molar-refractivity contribution is -0.192. The fourth-order valence-electron chi connectivity index (χ4n) is 0.874. The number of hydrogen-bond acceptors (Lipinski definition) is 4. The van der Waals surface area contributed by atoms with Crippen molar-refractivity contribution in [2.24, 2.45) is 0 Å². The Labute approximate surface area is 92.5 Å². The van der Waals surface area contributed by atoms with Crippen LogP contribution in [-0.2, 0) is 4.79 Å². The fraction of sp³-hybridized carbons (Fsp3) is 0.125. The van der Waals surface area contributed by atoms with Gasteiger partial charge in [0.2, 0.25) is 0 Å². The van der Waals surface area contributed by atoms with E-state index in [-0.39, 0.29) is 0 Å². The molecule has 0 radical (unpaired) electrons. The SMILES string of the molecule is Nc1cccn2nncc12.O=C(O)C(F)(F)F. The Balaban J connectivity index is 0.000000185. The number of nitrogens with two attached hydrogens (primary N) is 1. The highest BCUT2D eigenvalue weighted by atomic mass is 19.4. The monoisotopic (exact) mass is 248 g/mol. The van der Waals surface area contributed by atoms with E-state index >= 15 is 0 Å². The molecule has 2 aromatic rings. The lowest BCUT2D eigenvalue weighted by Gasteiger charge is -1.93. The predicted molar refractivity (Wildman–Crippen MR) is 51.1 cm³/mol. The first kappa shape index (κ1) is 12.7. The average molecular weight is 248 g/mol. The second kappa shape index (κ2) is 4.68. The van der Waals surface area contributed by atoms with Crippen molar-refractivity contribution in [3.05, 3.63) is 24.5 Å². The molecule has 9 heteroatoms. The van der Waals surface area contributed by atoms with Gasteiger partial charge < -0.3 is 10.8 Å². The second-order valence-corrected chi connectivity index (χ2v) is 2.83. The molecule has 0 aliphatic carbocycles. The molecular weight excluding hydrogens is 241 g/mol. The van der Waals surface area contributed by atoms with Gasteiger partial charge in [-0.05, 0) is 12.1 Å². The number of alkyl halides is 3. The van der Waals surface area contributed by atoms with Crippen LogP contribution in [-0.4, -0.2) is 32.1 Å². The molecule has 0 spiro atoms. The topological polar surface area (TPSA) is 93.5 Å². The Morgan fingerprint density at radius 1 is 1.47 bits per heavy atom. The van der Waals surface area contributed by atoms with E-state index in [1.54, 1.807) is 16.9 Å². The molecule has 0 saturated heterocycles. The molecule has 0 amide bonds. The second-order valence-electron chi connectivity index (χ2n) is 2.83. The minimum atomic E-state index is -5.08. The van der Waals surface area contributed by atoms with Gasteiger partial charge in [0.1, 0.15) is 5.52 Å². The summed E-state index contributed by atoms with van der Waals surface area (Å²) in [5, 5.41) is 14.6. The van der Waals surface area contributed by atoms with Gasteiger partial charge in [0.25, 0.3) is 0 Å². The van der Waals surface area contributed by atoms with Gasteiger partial charge in [-0.25, -0.2) is 9.31 Å². The Bertz CT molecular complexity index is 523. The number of rotatable bonds is 0. The summed E-state index contributed by atoms with van der Waals surface area (Å²) in [4.78, 5) is 8.90. The molecule has 0 aliphatic heterocycles. The summed E-state index contributed by atoms with van der Waals surface area (Å²) in [6.45, 7) is 0. The maximum atomic E-state index is 10.6. The number of halogens is 3. The molecule has 0 fully saturated rings. The fourth-order valence-corrected chi connectivity index (χ4v) is 0.874. The molecule has 0 aromatic carbocycles. The number of hydrogen-bond donors (Lipinski definition) is 2. The van der Waals surface area contributed by atoms with E-state index in [4.69, 9.17) is 15.6 Å². The van der Waals surface area contributed by atoms with Gasteiger partial charge in [0.05, 0.1) is 11.9 Å². The largest absolute Gasteiger partial charge is 0.490 e. The molecule has 0 aliphatic rings. The van der Waals surface area contributed by atoms with Crippen molar-refractivity contribution >= 4 is 17.2 Å². The van der Waals surface area contributed by atoms with Crippen molar-refractivity contribution in [3.63, 3.8) is 0 Å². The summed E-state index contributed by atoms with van der Waals surface area (Å²) in [6.07, 6.45) is -1.64. The van der Waals surface area contributed by atoms with E-state index in [2.05, 4.69) is 10.3 Å². The van der Waals surface area contributed by atoms with Crippen LogP contribution in [0, 0.1) is 0 Å². The molecule has 17 heavy (non-hydrogen) atoms. The van der Waals surface area contributed by atoms with Crippen molar-refractivity contribution in [2.45, 2.75) is 6.18 Å². The Morgan fingerprint density at radius 2 is 2.06 bits per heavy atom. The van der Waals surface area contributed by atoms with Gasteiger partial charge in [-0.3, -0.25) is 0 Å². The van der Waals surface area contributed by atoms with Crippen LogP contribution in [0.3, 0.4) is 0 Å². The van der Waals surface area contributed by atoms with Gasteiger partial charge in [0.15, 0.2) is 0 Å². The van der Waals surface area contributed by atoms with Crippen molar-refractivity contribution in [3.8, 4) is 0 Å². The van der Waals surface area contributed by atoms with E-state index < -0.39 is 12.1 Å². The number of aromatic nitrogens is 3. The van der Waals surface area contributed by atoms with Gasteiger partial charge in [-0.15, -0.1) is 5.10 Å². The minimum Gasteiger partial charge on any atom is -0.475 e. The van der Waals surface area contributed by atoms with Crippen molar-refractivity contribution in [1.29, 1.82) is 0 Å². The summed E-state index contributed by atoms with van der Waals surface area (Å²) >= 11 is 0. The first-order chi connectivity index (χ1) is 7.82. The summed E-state index contributed by atoms with van der Waals surface area (Å²) in [5.74, 6) is -2.76. The number of carboxylic acid groups (broad SMARTS) is 1. The molecule has 92 valence electrons. The lowest BCUT2D eigenvalue weighted by Crippen LogP contribution is -2.21. The molecule has 6 nitrogen and oxygen atoms in total. The number of nitrogens with zero attached hydrogens (tertiary/aromatic N) is 3. The highest BCUT2D eigenvalue weighted by molar-refractivity contribution is 5.73. The number of anilines is 1. The van der Waals surface area contributed by atoms with Crippen LogP contribution in [0.4, 0.5) is 18.9 Å². The number of aliphatic carboxylic acids is 1. The number of carbonyl (C=O) groups is 1. The molecule has 0 atom stereocenters. The third kappa shape index (κ3) is 3.33.